The topological polar surface area (TPSA) is 63.2 Å². The van der Waals surface area contributed by atoms with Crippen LogP contribution in [0.15, 0.2) is 54.8 Å². The van der Waals surface area contributed by atoms with Crippen LogP contribution in [0.3, 0.4) is 0 Å². The number of benzene rings is 1. The van der Waals surface area contributed by atoms with E-state index in [1.807, 2.05) is 44.2 Å². The molecule has 6 heteroatoms. The molecule has 0 aliphatic carbocycles. The molecule has 6 nitrogen and oxygen atoms in total. The van der Waals surface area contributed by atoms with Gasteiger partial charge in [-0.2, -0.15) is 0 Å². The monoisotopic (exact) mass is 418 g/mol. The summed E-state index contributed by atoms with van der Waals surface area (Å²) in [4.78, 5) is 12.4. The molecule has 0 aromatic heterocycles. The van der Waals surface area contributed by atoms with Crippen molar-refractivity contribution in [1.29, 1.82) is 0 Å². The van der Waals surface area contributed by atoms with Gasteiger partial charge in [0.25, 0.3) is 0 Å². The quantitative estimate of drug-likeness (QED) is 0.356. The largest absolute Gasteiger partial charge is 0.493 e. The summed E-state index contributed by atoms with van der Waals surface area (Å²) in [6, 6.07) is 9.99. The molecule has 1 aromatic carbocycles. The second-order valence-corrected chi connectivity index (χ2v) is 8.06. The molecule has 1 aliphatic heterocycles. The predicted octanol–water partition coefficient (Wildman–Crippen LogP) is 4.05. The average Bonchev–Trinajstić information content (AvgIpc) is 2.73. The van der Waals surface area contributed by atoms with Crippen LogP contribution in [-0.4, -0.2) is 51.7 Å². The van der Waals surface area contributed by atoms with Crippen LogP contribution in [-0.2, 0) is 35.1 Å². The Bertz CT molecular complexity index is 697. The summed E-state index contributed by atoms with van der Waals surface area (Å²) < 4.78 is 28.3. The van der Waals surface area contributed by atoms with Gasteiger partial charge in [0.1, 0.15) is 24.8 Å². The molecule has 0 unspecified atom stereocenters. The first-order chi connectivity index (χ1) is 14.4. The molecule has 166 valence electrons. The molecule has 2 rings (SSSR count). The lowest BCUT2D eigenvalue weighted by Crippen LogP contribution is -2.37. The summed E-state index contributed by atoms with van der Waals surface area (Å²) in [7, 11) is 3.17. The molecule has 1 aromatic rings. The lowest BCUT2D eigenvalue weighted by molar-refractivity contribution is -0.126. The highest BCUT2D eigenvalue weighted by Crippen LogP contribution is 2.34. The van der Waals surface area contributed by atoms with E-state index in [0.29, 0.717) is 31.8 Å². The number of rotatable bonds is 13. The van der Waals surface area contributed by atoms with E-state index in [2.05, 4.69) is 6.58 Å². The third-order valence-electron chi connectivity index (χ3n) is 5.03. The zero-order valence-electron chi connectivity index (χ0n) is 18.5. The Labute approximate surface area is 179 Å². The number of hydrogen-bond acceptors (Lipinski definition) is 6. The van der Waals surface area contributed by atoms with Crippen LogP contribution in [0.1, 0.15) is 32.3 Å². The molecule has 0 amide bonds. The van der Waals surface area contributed by atoms with Crippen LogP contribution >= 0.6 is 0 Å². The fourth-order valence-corrected chi connectivity index (χ4v) is 3.34. The molecular weight excluding hydrogens is 384 g/mol. The summed E-state index contributed by atoms with van der Waals surface area (Å²) >= 11 is 0. The van der Waals surface area contributed by atoms with Gasteiger partial charge < -0.3 is 23.7 Å². The van der Waals surface area contributed by atoms with Crippen LogP contribution in [0, 0.1) is 5.41 Å². The SMILES string of the molecule is C=C[C@H](OCOC)[C@H](C[C@@H]1CC(=O)C=C(C(C)(C)COCc2ccccc2)O1)OC. The predicted molar refractivity (Wildman–Crippen MR) is 115 cm³/mol. The van der Waals surface area contributed by atoms with Crippen molar-refractivity contribution in [2.75, 3.05) is 27.6 Å². The number of ether oxygens (including phenoxy) is 5. The van der Waals surface area contributed by atoms with E-state index in [1.165, 1.54) is 0 Å². The normalized spacial score (nSPS) is 19.0. The molecule has 0 bridgehead atoms. The molecule has 1 aliphatic rings. The lowest BCUT2D eigenvalue weighted by atomic mass is 9.88. The fourth-order valence-electron chi connectivity index (χ4n) is 3.34. The number of carbonyl (C=O) groups excluding carboxylic acids is 1. The van der Waals surface area contributed by atoms with E-state index in [1.54, 1.807) is 26.4 Å². The summed E-state index contributed by atoms with van der Waals surface area (Å²) in [6.07, 6.45) is 3.12. The third-order valence-corrected chi connectivity index (χ3v) is 5.03. The van der Waals surface area contributed by atoms with Gasteiger partial charge in [0, 0.05) is 38.6 Å². The van der Waals surface area contributed by atoms with Crippen molar-refractivity contribution in [3.8, 4) is 0 Å². The Morgan fingerprint density at radius 3 is 2.63 bits per heavy atom. The zero-order valence-corrected chi connectivity index (χ0v) is 18.5. The van der Waals surface area contributed by atoms with Gasteiger partial charge in [-0.25, -0.2) is 0 Å². The van der Waals surface area contributed by atoms with Crippen LogP contribution in [0.5, 0.6) is 0 Å². The number of allylic oxidation sites excluding steroid dienone is 1. The van der Waals surface area contributed by atoms with Gasteiger partial charge in [-0.3, -0.25) is 4.79 Å². The van der Waals surface area contributed by atoms with Crippen molar-refractivity contribution in [3.63, 3.8) is 0 Å². The minimum atomic E-state index is -0.434. The molecule has 0 spiro atoms. The van der Waals surface area contributed by atoms with Crippen molar-refractivity contribution in [3.05, 3.63) is 60.4 Å². The fraction of sp³-hybridized carbons (Fsp3) is 0.542. The highest BCUT2D eigenvalue weighted by molar-refractivity contribution is 5.91. The van der Waals surface area contributed by atoms with E-state index >= 15 is 0 Å². The minimum absolute atomic E-state index is 0.0419. The number of hydrogen-bond donors (Lipinski definition) is 0. The molecule has 3 atom stereocenters. The first kappa shape index (κ1) is 24.3. The Morgan fingerprint density at radius 2 is 2.00 bits per heavy atom. The molecule has 0 fully saturated rings. The molecule has 0 saturated carbocycles. The molecule has 30 heavy (non-hydrogen) atoms. The highest BCUT2D eigenvalue weighted by Gasteiger charge is 2.34. The van der Waals surface area contributed by atoms with E-state index < -0.39 is 5.41 Å². The molecule has 0 radical (unpaired) electrons. The maximum atomic E-state index is 12.4. The summed E-state index contributed by atoms with van der Waals surface area (Å²) in [5.41, 5.74) is 0.672. The van der Waals surface area contributed by atoms with E-state index in [4.69, 9.17) is 23.7 Å². The van der Waals surface area contributed by atoms with Crippen LogP contribution in [0.4, 0.5) is 0 Å². The Morgan fingerprint density at radius 1 is 1.27 bits per heavy atom. The Kier molecular flexibility index (Phi) is 9.72. The van der Waals surface area contributed by atoms with Gasteiger partial charge in [0.15, 0.2) is 5.78 Å². The summed E-state index contributed by atoms with van der Waals surface area (Å²) in [6.45, 7) is 8.93. The van der Waals surface area contributed by atoms with Gasteiger partial charge in [-0.15, -0.1) is 6.58 Å². The standard InChI is InChI=1S/C24H34O6/c1-6-21(29-17-26-4)22(27-5)14-20-12-19(25)13-23(30-20)24(2,3)16-28-15-18-10-8-7-9-11-18/h6-11,13,20-22H,1,12,14-17H2,2-5H3/t20-,21-,22-/m0/s1. The smallest absolute Gasteiger partial charge is 0.162 e. The summed E-state index contributed by atoms with van der Waals surface area (Å²) in [5, 5.41) is 0. The van der Waals surface area contributed by atoms with Crippen molar-refractivity contribution in [2.24, 2.45) is 5.41 Å². The van der Waals surface area contributed by atoms with Gasteiger partial charge in [-0.1, -0.05) is 50.3 Å². The van der Waals surface area contributed by atoms with E-state index in [0.717, 1.165) is 5.56 Å². The molecule has 1 heterocycles. The maximum Gasteiger partial charge on any atom is 0.162 e. The third kappa shape index (κ3) is 7.36. The Balaban J connectivity index is 1.96. The number of carbonyl (C=O) groups is 1. The van der Waals surface area contributed by atoms with Gasteiger partial charge >= 0.3 is 0 Å². The first-order valence-electron chi connectivity index (χ1n) is 10.2. The van der Waals surface area contributed by atoms with Crippen LogP contribution in [0.2, 0.25) is 0 Å². The van der Waals surface area contributed by atoms with Gasteiger partial charge in [0.05, 0.1) is 19.3 Å². The first-order valence-corrected chi connectivity index (χ1v) is 10.2. The molecule has 0 saturated heterocycles. The summed E-state index contributed by atoms with van der Waals surface area (Å²) in [5.74, 6) is 0.680. The highest BCUT2D eigenvalue weighted by atomic mass is 16.7. The van der Waals surface area contributed by atoms with Crippen LogP contribution < -0.4 is 0 Å². The van der Waals surface area contributed by atoms with Crippen molar-refractivity contribution < 1.29 is 28.5 Å². The van der Waals surface area contributed by atoms with Crippen molar-refractivity contribution in [1.82, 2.24) is 0 Å². The average molecular weight is 419 g/mol. The molecule has 0 N–H and O–H groups in total. The lowest BCUT2D eigenvalue weighted by Gasteiger charge is -2.35. The van der Waals surface area contributed by atoms with Gasteiger partial charge in [-0.05, 0) is 5.56 Å². The number of ketones is 1. The number of methoxy groups -OCH3 is 2. The maximum absolute atomic E-state index is 12.4. The Hall–Kier alpha value is -1.99. The van der Waals surface area contributed by atoms with E-state index in [-0.39, 0.29) is 30.9 Å². The van der Waals surface area contributed by atoms with Crippen molar-refractivity contribution >= 4 is 5.78 Å². The molecular formula is C24H34O6. The van der Waals surface area contributed by atoms with Crippen molar-refractivity contribution in [2.45, 2.75) is 51.6 Å². The van der Waals surface area contributed by atoms with Crippen LogP contribution in [0.25, 0.3) is 0 Å². The second kappa shape index (κ2) is 12.0. The van der Waals surface area contributed by atoms with Gasteiger partial charge in [0.2, 0.25) is 0 Å². The zero-order chi connectivity index (χ0) is 22.0. The minimum Gasteiger partial charge on any atom is -0.493 e. The van der Waals surface area contributed by atoms with E-state index in [9.17, 15) is 4.79 Å². The second-order valence-electron chi connectivity index (χ2n) is 8.06.